The summed E-state index contributed by atoms with van der Waals surface area (Å²) in [6.45, 7) is 6.03. The smallest absolute Gasteiger partial charge is 0.264 e. The SMILES string of the molecule is C[C@H]1[C@H](C(C)(C)F)[C@@H](CC(=O)N(CCO)Cc2ccccc2)O[C@]12C(=O)N(Cc1ccc(N3CCCCC3=O)cc1)c1ccccc12. The number of aliphatic hydroxyl groups is 1. The zero-order valence-corrected chi connectivity index (χ0v) is 27.4. The number of rotatable bonds is 10. The van der Waals surface area contributed by atoms with Crippen molar-refractivity contribution in [2.24, 2.45) is 11.8 Å². The third kappa shape index (κ3) is 6.19. The molecule has 2 fully saturated rings. The first-order chi connectivity index (χ1) is 22.5. The molecule has 3 aliphatic rings. The number of benzene rings is 3. The Labute approximate surface area is 276 Å². The normalized spacial score (nSPS) is 24.2. The second kappa shape index (κ2) is 13.2. The van der Waals surface area contributed by atoms with E-state index in [-0.39, 0.29) is 43.8 Å². The van der Waals surface area contributed by atoms with Gasteiger partial charge in [0.25, 0.3) is 5.91 Å². The number of fused-ring (bicyclic) bond motifs is 2. The van der Waals surface area contributed by atoms with Crippen molar-refractivity contribution in [1.82, 2.24) is 4.90 Å². The van der Waals surface area contributed by atoms with E-state index in [2.05, 4.69) is 0 Å². The van der Waals surface area contributed by atoms with Crippen LogP contribution in [0, 0.1) is 11.8 Å². The van der Waals surface area contributed by atoms with E-state index in [1.165, 1.54) is 13.8 Å². The lowest BCUT2D eigenvalue weighted by molar-refractivity contribution is -0.150. The summed E-state index contributed by atoms with van der Waals surface area (Å²) >= 11 is 0. The van der Waals surface area contributed by atoms with E-state index in [9.17, 15) is 19.5 Å². The highest BCUT2D eigenvalue weighted by atomic mass is 19.1. The van der Waals surface area contributed by atoms with Crippen LogP contribution in [0.5, 0.6) is 0 Å². The number of hydrogen-bond donors (Lipinski definition) is 1. The Kier molecular flexibility index (Phi) is 9.23. The Bertz CT molecular complexity index is 1610. The summed E-state index contributed by atoms with van der Waals surface area (Å²) in [6.07, 6.45) is 1.45. The molecular formula is C38H44FN3O5. The molecule has 2 saturated heterocycles. The Hall–Kier alpha value is -4.08. The van der Waals surface area contributed by atoms with E-state index in [4.69, 9.17) is 4.74 Å². The molecule has 0 bridgehead atoms. The van der Waals surface area contributed by atoms with E-state index in [0.717, 1.165) is 29.7 Å². The Morgan fingerprint density at radius 3 is 2.38 bits per heavy atom. The summed E-state index contributed by atoms with van der Waals surface area (Å²) in [7, 11) is 0. The van der Waals surface area contributed by atoms with E-state index >= 15 is 4.39 Å². The minimum Gasteiger partial charge on any atom is -0.395 e. The lowest BCUT2D eigenvalue weighted by Gasteiger charge is -2.32. The van der Waals surface area contributed by atoms with Gasteiger partial charge in [0.05, 0.1) is 31.4 Å². The Morgan fingerprint density at radius 1 is 1.00 bits per heavy atom. The second-order valence-electron chi connectivity index (χ2n) is 13.6. The Morgan fingerprint density at radius 2 is 1.70 bits per heavy atom. The topological polar surface area (TPSA) is 90.4 Å². The third-order valence-electron chi connectivity index (χ3n) is 10.1. The fourth-order valence-corrected chi connectivity index (χ4v) is 7.92. The summed E-state index contributed by atoms with van der Waals surface area (Å²) in [5, 5.41) is 9.75. The van der Waals surface area contributed by atoms with Crippen LogP contribution in [-0.4, -0.2) is 59.2 Å². The molecule has 1 spiro atoms. The van der Waals surface area contributed by atoms with Gasteiger partial charge in [-0.1, -0.05) is 67.6 Å². The van der Waals surface area contributed by atoms with Gasteiger partial charge in [-0.15, -0.1) is 0 Å². The summed E-state index contributed by atoms with van der Waals surface area (Å²) in [4.78, 5) is 45.9. The van der Waals surface area contributed by atoms with Crippen LogP contribution in [0.2, 0.25) is 0 Å². The monoisotopic (exact) mass is 641 g/mol. The molecule has 0 aliphatic carbocycles. The van der Waals surface area contributed by atoms with Crippen LogP contribution < -0.4 is 9.80 Å². The fraction of sp³-hybridized carbons (Fsp3) is 0.447. The largest absolute Gasteiger partial charge is 0.395 e. The molecule has 3 aromatic rings. The highest BCUT2D eigenvalue weighted by Crippen LogP contribution is 2.58. The predicted octanol–water partition coefficient (Wildman–Crippen LogP) is 5.76. The number of halogens is 1. The van der Waals surface area contributed by atoms with Gasteiger partial charge in [0, 0.05) is 49.1 Å². The van der Waals surface area contributed by atoms with Crippen molar-refractivity contribution in [2.75, 3.05) is 29.5 Å². The van der Waals surface area contributed by atoms with Gasteiger partial charge in [-0.25, -0.2) is 4.39 Å². The molecule has 9 heteroatoms. The number of para-hydroxylation sites is 1. The lowest BCUT2D eigenvalue weighted by atomic mass is 9.71. The van der Waals surface area contributed by atoms with Gasteiger partial charge < -0.3 is 24.5 Å². The zero-order chi connectivity index (χ0) is 33.3. The molecule has 1 N–H and O–H groups in total. The average molecular weight is 642 g/mol. The van der Waals surface area contributed by atoms with Crippen LogP contribution in [0.15, 0.2) is 78.9 Å². The molecule has 0 unspecified atom stereocenters. The van der Waals surface area contributed by atoms with Crippen LogP contribution in [0.4, 0.5) is 15.8 Å². The van der Waals surface area contributed by atoms with Gasteiger partial charge in [-0.2, -0.15) is 0 Å². The van der Waals surface area contributed by atoms with Crippen molar-refractivity contribution < 1.29 is 28.6 Å². The minimum absolute atomic E-state index is 0.122. The number of hydrogen-bond acceptors (Lipinski definition) is 5. The maximum absolute atomic E-state index is 16.1. The van der Waals surface area contributed by atoms with Gasteiger partial charge in [-0.05, 0) is 56.0 Å². The summed E-state index contributed by atoms with van der Waals surface area (Å²) in [5.74, 6) is -1.75. The van der Waals surface area contributed by atoms with Crippen molar-refractivity contribution in [3.8, 4) is 0 Å². The molecule has 0 aromatic heterocycles. The number of carbonyl (C=O) groups excluding carboxylic acids is 3. The van der Waals surface area contributed by atoms with Gasteiger partial charge >= 0.3 is 0 Å². The quantitative estimate of drug-likeness (QED) is 0.304. The Balaban J connectivity index is 1.28. The van der Waals surface area contributed by atoms with E-state index in [1.54, 1.807) is 9.80 Å². The van der Waals surface area contributed by atoms with Crippen LogP contribution >= 0.6 is 0 Å². The molecular weight excluding hydrogens is 597 g/mol. The van der Waals surface area contributed by atoms with Crippen LogP contribution in [0.25, 0.3) is 0 Å². The number of carbonyl (C=O) groups is 3. The molecule has 6 rings (SSSR count). The number of amides is 3. The number of alkyl halides is 1. The van der Waals surface area contributed by atoms with Gasteiger partial charge in [-0.3, -0.25) is 14.4 Å². The molecule has 0 saturated carbocycles. The highest BCUT2D eigenvalue weighted by Gasteiger charge is 2.66. The van der Waals surface area contributed by atoms with Crippen LogP contribution in [0.3, 0.4) is 0 Å². The molecule has 3 amide bonds. The van der Waals surface area contributed by atoms with Crippen molar-refractivity contribution in [2.45, 2.75) is 76.9 Å². The second-order valence-corrected chi connectivity index (χ2v) is 13.6. The molecule has 8 nitrogen and oxygen atoms in total. The molecule has 248 valence electrons. The van der Waals surface area contributed by atoms with Gasteiger partial charge in [0.2, 0.25) is 11.8 Å². The van der Waals surface area contributed by atoms with Crippen molar-refractivity contribution >= 4 is 29.1 Å². The first-order valence-electron chi connectivity index (χ1n) is 16.6. The van der Waals surface area contributed by atoms with Crippen LogP contribution in [0.1, 0.15) is 63.1 Å². The fourth-order valence-electron chi connectivity index (χ4n) is 7.92. The highest BCUT2D eigenvalue weighted by molar-refractivity contribution is 6.07. The van der Waals surface area contributed by atoms with Crippen LogP contribution in [-0.2, 0) is 37.8 Å². The minimum atomic E-state index is -1.75. The molecule has 3 aliphatic heterocycles. The average Bonchev–Trinajstić information content (AvgIpc) is 3.48. The van der Waals surface area contributed by atoms with Gasteiger partial charge in [0.15, 0.2) is 5.60 Å². The molecule has 4 atom stereocenters. The first kappa shape index (κ1) is 32.8. The first-order valence-corrected chi connectivity index (χ1v) is 16.6. The number of anilines is 2. The maximum Gasteiger partial charge on any atom is 0.264 e. The molecule has 47 heavy (non-hydrogen) atoms. The zero-order valence-electron chi connectivity index (χ0n) is 27.4. The summed E-state index contributed by atoms with van der Waals surface area (Å²) in [6, 6.07) is 24.7. The maximum atomic E-state index is 16.1. The number of piperidine rings is 1. The van der Waals surface area contributed by atoms with Crippen molar-refractivity contribution in [3.05, 3.63) is 95.6 Å². The van der Waals surface area contributed by atoms with E-state index in [1.807, 2.05) is 90.7 Å². The summed E-state index contributed by atoms with van der Waals surface area (Å²) < 4.78 is 22.9. The van der Waals surface area contributed by atoms with E-state index < -0.39 is 29.2 Å². The van der Waals surface area contributed by atoms with Gasteiger partial charge in [0.1, 0.15) is 5.67 Å². The lowest BCUT2D eigenvalue weighted by Crippen LogP contribution is -2.45. The molecule has 0 radical (unpaired) electrons. The number of aliphatic hydroxyl groups excluding tert-OH is 1. The van der Waals surface area contributed by atoms with Crippen molar-refractivity contribution in [3.63, 3.8) is 0 Å². The summed E-state index contributed by atoms with van der Waals surface area (Å²) in [5.41, 5.74) is 0.815. The van der Waals surface area contributed by atoms with Crippen molar-refractivity contribution in [1.29, 1.82) is 0 Å². The standard InChI is InChI=1S/C38H44FN3O5/c1-26-35(37(2,3)39)32(23-34(45)40(21-22-43)24-27-11-5-4-6-12-27)47-38(26)30-13-7-8-14-31(30)42(36(38)46)25-28-16-18-29(19-17-28)41-20-10-9-15-33(41)44/h4-8,11-14,16-19,26,32,35,43H,9-10,15,20-25H2,1-3H3/t26-,32+,35-,38+/m0/s1. The predicted molar refractivity (Wildman–Crippen MR) is 178 cm³/mol. The van der Waals surface area contributed by atoms with E-state index in [0.29, 0.717) is 30.8 Å². The number of nitrogens with zero attached hydrogens (tertiary/aromatic N) is 3. The third-order valence-corrected chi connectivity index (χ3v) is 10.1. The molecule has 3 heterocycles. The number of ether oxygens (including phenoxy) is 1. The molecule has 3 aromatic carbocycles.